The van der Waals surface area contributed by atoms with E-state index in [0.29, 0.717) is 22.4 Å². The number of halogens is 6. The molecule has 12 heteroatoms. The van der Waals surface area contributed by atoms with Gasteiger partial charge in [-0.25, -0.2) is 9.48 Å². The van der Waals surface area contributed by atoms with Crippen LogP contribution in [-0.2, 0) is 10.9 Å². The summed E-state index contributed by atoms with van der Waals surface area (Å²) in [6, 6.07) is 4.43. The van der Waals surface area contributed by atoms with E-state index in [4.69, 9.17) is 0 Å². The minimum Gasteiger partial charge on any atom is -0.462 e. The fourth-order valence-electron chi connectivity index (χ4n) is 2.92. The number of unbranched alkanes of at least 4 members (excludes halogenated alkanes) is 1. The van der Waals surface area contributed by atoms with Crippen molar-refractivity contribution in [2.75, 3.05) is 19.7 Å². The Labute approximate surface area is 179 Å². The number of alkyl halides is 6. The number of hydrogen-bond donors (Lipinski definition) is 0. The number of esters is 1. The molecule has 2 rings (SSSR count). The molecule has 32 heavy (non-hydrogen) atoms. The molecule has 176 valence electrons. The molecule has 1 amide bonds. The summed E-state index contributed by atoms with van der Waals surface area (Å²) in [5.74, 6) is -2.09. The van der Waals surface area contributed by atoms with Gasteiger partial charge in [0, 0.05) is 12.1 Å². The quantitative estimate of drug-likeness (QED) is 0.412. The molecule has 1 aromatic heterocycles. The summed E-state index contributed by atoms with van der Waals surface area (Å²) in [6.45, 7) is 1.52. The average molecular weight is 465 g/mol. The summed E-state index contributed by atoms with van der Waals surface area (Å²) in [4.78, 5) is 25.0. The third kappa shape index (κ3) is 6.24. The van der Waals surface area contributed by atoms with Crippen molar-refractivity contribution >= 4 is 11.9 Å². The van der Waals surface area contributed by atoms with Gasteiger partial charge in [0.15, 0.2) is 5.69 Å². The lowest BCUT2D eigenvalue weighted by Crippen LogP contribution is -2.39. The maximum absolute atomic E-state index is 13.6. The highest BCUT2D eigenvalue weighted by Crippen LogP contribution is 2.34. The van der Waals surface area contributed by atoms with Gasteiger partial charge < -0.3 is 9.64 Å². The van der Waals surface area contributed by atoms with Crippen LogP contribution in [0.15, 0.2) is 30.5 Å². The molecule has 0 aliphatic heterocycles. The van der Waals surface area contributed by atoms with Gasteiger partial charge in [-0.3, -0.25) is 4.79 Å². The van der Waals surface area contributed by atoms with Crippen molar-refractivity contribution in [2.24, 2.45) is 0 Å². The maximum Gasteiger partial charge on any atom is 0.434 e. The number of nitrogens with zero attached hydrogens (tertiary/aromatic N) is 3. The monoisotopic (exact) mass is 465 g/mol. The van der Waals surface area contributed by atoms with E-state index in [2.05, 4.69) is 9.84 Å². The summed E-state index contributed by atoms with van der Waals surface area (Å²) in [6.07, 6.45) is -7.89. The van der Waals surface area contributed by atoms with E-state index >= 15 is 0 Å². The lowest BCUT2D eigenvalue weighted by molar-refractivity contribution is -0.143. The minimum atomic E-state index is -4.95. The predicted octanol–water partition coefficient (Wildman–Crippen LogP) is 4.87. The van der Waals surface area contributed by atoms with E-state index in [-0.39, 0.29) is 24.4 Å². The van der Waals surface area contributed by atoms with Crippen LogP contribution in [0.5, 0.6) is 0 Å². The van der Waals surface area contributed by atoms with Crippen LogP contribution in [0.4, 0.5) is 26.3 Å². The topological polar surface area (TPSA) is 64.4 Å². The Balaban J connectivity index is 2.38. The molecule has 0 bridgehead atoms. The summed E-state index contributed by atoms with van der Waals surface area (Å²) in [5, 5.41) is 3.61. The maximum atomic E-state index is 13.6. The van der Waals surface area contributed by atoms with Crippen LogP contribution in [-0.4, -0.2) is 52.4 Å². The lowest BCUT2D eigenvalue weighted by atomic mass is 10.1. The van der Waals surface area contributed by atoms with E-state index in [1.807, 2.05) is 0 Å². The molecule has 0 fully saturated rings. The summed E-state index contributed by atoms with van der Waals surface area (Å²) >= 11 is 0. The molecule has 0 N–H and O–H groups in total. The van der Waals surface area contributed by atoms with Crippen LogP contribution in [0.3, 0.4) is 0 Å². The van der Waals surface area contributed by atoms with Crippen molar-refractivity contribution in [3.63, 3.8) is 0 Å². The van der Waals surface area contributed by atoms with Crippen molar-refractivity contribution in [1.29, 1.82) is 0 Å². The fraction of sp³-hybridized carbons (Fsp3) is 0.450. The first-order valence-corrected chi connectivity index (χ1v) is 9.67. The lowest BCUT2D eigenvalue weighted by Gasteiger charge is -2.24. The van der Waals surface area contributed by atoms with Crippen molar-refractivity contribution in [2.45, 2.75) is 39.0 Å². The minimum absolute atomic E-state index is 0.114. The van der Waals surface area contributed by atoms with Gasteiger partial charge in [0.25, 0.3) is 5.91 Å². The summed E-state index contributed by atoms with van der Waals surface area (Å²) < 4.78 is 84.3. The number of benzene rings is 1. The molecule has 0 unspecified atom stereocenters. The number of carbonyl (C=O) groups is 2. The Bertz CT molecular complexity index is 936. The molecule has 0 saturated carbocycles. The van der Waals surface area contributed by atoms with E-state index in [0.717, 1.165) is 30.5 Å². The molecule has 6 nitrogen and oxygen atoms in total. The first-order chi connectivity index (χ1) is 14.9. The first kappa shape index (κ1) is 25.2. The van der Waals surface area contributed by atoms with Gasteiger partial charge in [0.1, 0.15) is 12.1 Å². The van der Waals surface area contributed by atoms with Crippen molar-refractivity contribution < 1.29 is 40.7 Å². The van der Waals surface area contributed by atoms with E-state index < -0.39 is 42.0 Å². The first-order valence-electron chi connectivity index (χ1n) is 9.67. The molecule has 1 heterocycles. The van der Waals surface area contributed by atoms with E-state index in [1.54, 1.807) is 6.92 Å². The zero-order valence-electron chi connectivity index (χ0n) is 17.3. The number of amides is 1. The van der Waals surface area contributed by atoms with Crippen LogP contribution in [0.1, 0.15) is 53.1 Å². The number of carbonyl (C=O) groups excluding carboxylic acids is 2. The van der Waals surface area contributed by atoms with Crippen molar-refractivity contribution in [3.05, 3.63) is 47.3 Å². The van der Waals surface area contributed by atoms with Crippen LogP contribution >= 0.6 is 0 Å². The average Bonchev–Trinajstić information content (AvgIpc) is 3.16. The third-order valence-corrected chi connectivity index (χ3v) is 4.33. The molecule has 1 aromatic carbocycles. The van der Waals surface area contributed by atoms with Gasteiger partial charge in [-0.1, -0.05) is 13.3 Å². The molecule has 0 saturated heterocycles. The zero-order valence-corrected chi connectivity index (χ0v) is 17.3. The predicted molar refractivity (Wildman–Crippen MR) is 101 cm³/mol. The Morgan fingerprint density at radius 3 is 2.19 bits per heavy atom. The second kappa shape index (κ2) is 10.0. The molecule has 0 spiro atoms. The molecule has 0 radical (unpaired) electrons. The van der Waals surface area contributed by atoms with Crippen LogP contribution in [0.2, 0.25) is 0 Å². The smallest absolute Gasteiger partial charge is 0.434 e. The molecule has 0 atom stereocenters. The molecular formula is C20H21F6N3O3. The van der Waals surface area contributed by atoms with Gasteiger partial charge in [0.05, 0.1) is 18.5 Å². The Kier molecular flexibility index (Phi) is 7.92. The van der Waals surface area contributed by atoms with Gasteiger partial charge >= 0.3 is 18.3 Å². The number of rotatable bonds is 8. The van der Waals surface area contributed by atoms with Crippen LogP contribution < -0.4 is 0 Å². The van der Waals surface area contributed by atoms with Crippen LogP contribution in [0, 0.1) is 0 Å². The fourth-order valence-corrected chi connectivity index (χ4v) is 2.92. The number of ether oxygens (including phenoxy) is 1. The highest BCUT2D eigenvalue weighted by atomic mass is 19.4. The molecule has 0 aliphatic carbocycles. The summed E-state index contributed by atoms with van der Waals surface area (Å²) in [5.41, 5.74) is -2.41. The Morgan fingerprint density at radius 2 is 1.69 bits per heavy atom. The SMILES string of the molecule is CCCCN(CC(F)(F)F)C(=O)c1ccc(-n2ncc(C(=O)OCC)c2C(F)(F)F)cc1. The second-order valence-electron chi connectivity index (χ2n) is 6.78. The molecular weight excluding hydrogens is 444 g/mol. The van der Waals surface area contributed by atoms with Gasteiger partial charge in [-0.05, 0) is 37.6 Å². The highest BCUT2D eigenvalue weighted by molar-refractivity contribution is 5.94. The van der Waals surface area contributed by atoms with Crippen molar-refractivity contribution in [1.82, 2.24) is 14.7 Å². The highest BCUT2D eigenvalue weighted by Gasteiger charge is 2.41. The van der Waals surface area contributed by atoms with E-state index in [1.165, 1.54) is 6.92 Å². The Morgan fingerprint density at radius 1 is 1.06 bits per heavy atom. The molecule has 0 aliphatic rings. The molecule has 2 aromatic rings. The van der Waals surface area contributed by atoms with Gasteiger partial charge in [-0.2, -0.15) is 31.4 Å². The van der Waals surface area contributed by atoms with Gasteiger partial charge in [0.2, 0.25) is 0 Å². The number of aromatic nitrogens is 2. The normalized spacial score (nSPS) is 12.0. The second-order valence-corrected chi connectivity index (χ2v) is 6.78. The largest absolute Gasteiger partial charge is 0.462 e. The zero-order chi connectivity index (χ0) is 24.1. The summed E-state index contributed by atoms with van der Waals surface area (Å²) in [7, 11) is 0. The van der Waals surface area contributed by atoms with Crippen LogP contribution in [0.25, 0.3) is 5.69 Å². The van der Waals surface area contributed by atoms with Gasteiger partial charge in [-0.15, -0.1) is 0 Å². The Hall–Kier alpha value is -3.05. The van der Waals surface area contributed by atoms with Crippen molar-refractivity contribution in [3.8, 4) is 5.69 Å². The standard InChI is InChI=1S/C20H21F6N3O3/c1-3-5-10-28(12-19(21,22)23)17(30)13-6-8-14(9-7-13)29-16(20(24,25)26)15(11-27-29)18(31)32-4-2/h6-9,11H,3-5,10,12H2,1-2H3. The number of hydrogen-bond acceptors (Lipinski definition) is 4. The van der Waals surface area contributed by atoms with E-state index in [9.17, 15) is 35.9 Å². The third-order valence-electron chi connectivity index (χ3n) is 4.33.